The number of hydrogen-bond acceptors (Lipinski definition) is 5. The maximum absolute atomic E-state index is 4.57. The van der Waals surface area contributed by atoms with Gasteiger partial charge in [-0.05, 0) is 95.3 Å². The van der Waals surface area contributed by atoms with E-state index in [-0.39, 0.29) is 0 Å². The van der Waals surface area contributed by atoms with E-state index in [4.69, 9.17) is 0 Å². The number of allylic oxidation sites excluding steroid dienone is 5. The molecular formula is C31H33N5S. The van der Waals surface area contributed by atoms with Crippen molar-refractivity contribution in [1.29, 1.82) is 0 Å². The van der Waals surface area contributed by atoms with Crippen molar-refractivity contribution in [2.24, 2.45) is 0 Å². The minimum Gasteiger partial charge on any atom is -0.359 e. The van der Waals surface area contributed by atoms with Crippen molar-refractivity contribution >= 4 is 39.3 Å². The van der Waals surface area contributed by atoms with Gasteiger partial charge < -0.3 is 10.6 Å². The summed E-state index contributed by atoms with van der Waals surface area (Å²) in [4.78, 5) is 4.57. The second kappa shape index (κ2) is 11.7. The Bertz CT molecular complexity index is 1500. The molecule has 3 aromatic heterocycles. The van der Waals surface area contributed by atoms with Gasteiger partial charge in [0.25, 0.3) is 0 Å². The van der Waals surface area contributed by atoms with Crippen LogP contribution < -0.4 is 10.6 Å². The summed E-state index contributed by atoms with van der Waals surface area (Å²) in [5, 5.41) is 19.7. The average Bonchev–Trinajstić information content (AvgIpc) is 3.58. The minimum atomic E-state index is 0.684. The molecule has 4 aromatic rings. The van der Waals surface area contributed by atoms with E-state index in [1.165, 1.54) is 5.56 Å². The number of benzene rings is 1. The Morgan fingerprint density at radius 3 is 2.73 bits per heavy atom. The Balaban J connectivity index is 1.63. The maximum Gasteiger partial charge on any atom is 0.133 e. The molecule has 3 heterocycles. The second-order valence-corrected chi connectivity index (χ2v) is 9.59. The van der Waals surface area contributed by atoms with Crippen molar-refractivity contribution in [2.75, 3.05) is 5.32 Å². The lowest BCUT2D eigenvalue weighted by Crippen LogP contribution is -2.10. The molecule has 4 rings (SSSR count). The Hall–Kier alpha value is -4.16. The number of rotatable bonds is 11. The molecule has 0 fully saturated rings. The number of H-pyrrole nitrogens is 1. The lowest BCUT2D eigenvalue weighted by molar-refractivity contribution is 0.829. The number of thiophene rings is 1. The third-order valence-electron chi connectivity index (χ3n) is 6.20. The van der Waals surface area contributed by atoms with Gasteiger partial charge in [0.15, 0.2) is 0 Å². The molecule has 0 bridgehead atoms. The normalized spacial score (nSPS) is 12.0. The zero-order valence-corrected chi connectivity index (χ0v) is 22.5. The molecule has 0 aliphatic rings. The topological polar surface area (TPSA) is 65.6 Å². The molecule has 0 radical (unpaired) electrons. The quantitative estimate of drug-likeness (QED) is 0.178. The number of hydrogen-bond donors (Lipinski definition) is 3. The van der Waals surface area contributed by atoms with Crippen molar-refractivity contribution in [3.05, 3.63) is 113 Å². The van der Waals surface area contributed by atoms with Crippen LogP contribution >= 0.6 is 11.3 Å². The van der Waals surface area contributed by atoms with E-state index in [0.29, 0.717) is 5.70 Å². The Morgan fingerprint density at radius 1 is 1.19 bits per heavy atom. The highest BCUT2D eigenvalue weighted by atomic mass is 32.1. The molecule has 0 spiro atoms. The fourth-order valence-corrected chi connectivity index (χ4v) is 4.89. The molecule has 0 aliphatic heterocycles. The van der Waals surface area contributed by atoms with Gasteiger partial charge in [-0.15, -0.1) is 0 Å². The van der Waals surface area contributed by atoms with Gasteiger partial charge in [0, 0.05) is 23.0 Å². The van der Waals surface area contributed by atoms with Crippen LogP contribution in [0.15, 0.2) is 96.6 Å². The van der Waals surface area contributed by atoms with Crippen LogP contribution in [0.1, 0.15) is 43.5 Å². The van der Waals surface area contributed by atoms with Gasteiger partial charge in [0.1, 0.15) is 11.5 Å². The van der Waals surface area contributed by atoms with Gasteiger partial charge in [0.05, 0.1) is 11.2 Å². The first kappa shape index (κ1) is 25.9. The van der Waals surface area contributed by atoms with Gasteiger partial charge in [-0.1, -0.05) is 45.2 Å². The van der Waals surface area contributed by atoms with Crippen LogP contribution in [0.4, 0.5) is 5.82 Å². The third-order valence-corrected chi connectivity index (χ3v) is 6.89. The number of nitrogens with one attached hydrogen (secondary N) is 3. The van der Waals surface area contributed by atoms with Crippen LogP contribution in [0.25, 0.3) is 33.3 Å². The van der Waals surface area contributed by atoms with E-state index in [2.05, 4.69) is 101 Å². The first-order valence-electron chi connectivity index (χ1n) is 12.3. The number of aromatic nitrogens is 3. The highest BCUT2D eigenvalue weighted by Crippen LogP contribution is 2.31. The average molecular weight is 508 g/mol. The minimum absolute atomic E-state index is 0.684. The molecule has 0 atom stereocenters. The van der Waals surface area contributed by atoms with Crippen LogP contribution in [0.3, 0.4) is 0 Å². The van der Waals surface area contributed by atoms with Gasteiger partial charge in [0.2, 0.25) is 0 Å². The molecule has 3 N–H and O–H groups in total. The molecule has 0 unspecified atom stereocenters. The molecule has 6 heteroatoms. The first-order valence-corrected chi connectivity index (χ1v) is 13.3. The molecule has 1 aromatic carbocycles. The summed E-state index contributed by atoms with van der Waals surface area (Å²) in [6.07, 6.45) is 9.77. The number of fused-ring (bicyclic) bond motifs is 1. The summed E-state index contributed by atoms with van der Waals surface area (Å²) in [7, 11) is 0. The monoisotopic (exact) mass is 507 g/mol. The van der Waals surface area contributed by atoms with E-state index < -0.39 is 0 Å². The highest BCUT2D eigenvalue weighted by Gasteiger charge is 2.14. The van der Waals surface area contributed by atoms with Gasteiger partial charge >= 0.3 is 0 Å². The standard InChI is InChI=1S/C31H33N5S/c1-7-10-20(4)33-26(9-3)17-23(8-2)24-11-12-29-28(18-24)30(36-35-29)22(6)34-31-21(5)27(13-15-32-31)25-14-16-37-19-25/h8-9,11-19,33H,3-4,6-7,10H2,1-2,5H3,(H,32,34)(H,35,36)/b23-8+,26-17+. The Kier molecular flexibility index (Phi) is 8.21. The summed E-state index contributed by atoms with van der Waals surface area (Å²) in [5.74, 6) is 0.770. The van der Waals surface area contributed by atoms with Crippen LogP contribution in [-0.4, -0.2) is 15.2 Å². The predicted octanol–water partition coefficient (Wildman–Crippen LogP) is 8.45. The van der Waals surface area contributed by atoms with Crippen LogP contribution in [-0.2, 0) is 0 Å². The number of nitrogens with zero attached hydrogens (tertiary/aromatic N) is 2. The second-order valence-electron chi connectivity index (χ2n) is 8.81. The molecule has 0 saturated carbocycles. The summed E-state index contributed by atoms with van der Waals surface area (Å²) in [6.45, 7) is 18.6. The fourth-order valence-electron chi connectivity index (χ4n) is 4.23. The van der Waals surface area contributed by atoms with Gasteiger partial charge in [-0.25, -0.2) is 4.98 Å². The largest absolute Gasteiger partial charge is 0.359 e. The lowest BCUT2D eigenvalue weighted by Gasteiger charge is -2.13. The smallest absolute Gasteiger partial charge is 0.133 e. The predicted molar refractivity (Wildman–Crippen MR) is 160 cm³/mol. The van der Waals surface area contributed by atoms with Crippen LogP contribution in [0.2, 0.25) is 0 Å². The molecule has 0 amide bonds. The van der Waals surface area contributed by atoms with Gasteiger partial charge in [-0.2, -0.15) is 16.4 Å². The molecular weight excluding hydrogens is 474 g/mol. The van der Waals surface area contributed by atoms with Crippen molar-refractivity contribution in [3.8, 4) is 11.1 Å². The zero-order valence-electron chi connectivity index (χ0n) is 21.7. The Labute approximate surface area is 223 Å². The summed E-state index contributed by atoms with van der Waals surface area (Å²) in [5.41, 5.74) is 9.82. The molecule has 0 aliphatic carbocycles. The summed E-state index contributed by atoms with van der Waals surface area (Å²) < 4.78 is 0. The van der Waals surface area contributed by atoms with E-state index in [9.17, 15) is 0 Å². The maximum atomic E-state index is 4.57. The summed E-state index contributed by atoms with van der Waals surface area (Å²) in [6, 6.07) is 10.4. The molecule has 0 saturated heterocycles. The van der Waals surface area contributed by atoms with E-state index in [0.717, 1.165) is 68.9 Å². The number of pyridine rings is 1. The van der Waals surface area contributed by atoms with E-state index in [1.807, 2.05) is 31.3 Å². The first-order chi connectivity index (χ1) is 17.9. The fraction of sp³-hybridized carbons (Fsp3) is 0.161. The van der Waals surface area contributed by atoms with Crippen molar-refractivity contribution in [3.63, 3.8) is 0 Å². The van der Waals surface area contributed by atoms with E-state index >= 15 is 0 Å². The van der Waals surface area contributed by atoms with Crippen molar-refractivity contribution < 1.29 is 0 Å². The van der Waals surface area contributed by atoms with Crippen LogP contribution in [0.5, 0.6) is 0 Å². The van der Waals surface area contributed by atoms with Crippen LogP contribution in [0, 0.1) is 6.92 Å². The number of aromatic amines is 1. The van der Waals surface area contributed by atoms with Crippen molar-refractivity contribution in [2.45, 2.75) is 33.6 Å². The molecule has 188 valence electrons. The molecule has 5 nitrogen and oxygen atoms in total. The van der Waals surface area contributed by atoms with Gasteiger partial charge in [-0.3, -0.25) is 5.10 Å². The molecule has 37 heavy (non-hydrogen) atoms. The highest BCUT2D eigenvalue weighted by molar-refractivity contribution is 7.08. The van der Waals surface area contributed by atoms with Crippen molar-refractivity contribution in [1.82, 2.24) is 20.5 Å². The zero-order chi connectivity index (χ0) is 26.4. The number of anilines is 1. The SMILES string of the molecule is C=C/C(=C\C(=C/C)c1ccc2[nH]nc(C(=C)Nc3nccc(-c4ccsc4)c3C)c2c1)NC(=C)CCC. The van der Waals surface area contributed by atoms with E-state index in [1.54, 1.807) is 11.3 Å². The Morgan fingerprint density at radius 2 is 2.03 bits per heavy atom. The summed E-state index contributed by atoms with van der Waals surface area (Å²) >= 11 is 1.68. The third kappa shape index (κ3) is 5.81. The lowest BCUT2D eigenvalue weighted by atomic mass is 10.0.